The zero-order valence-corrected chi connectivity index (χ0v) is 12.5. The smallest absolute Gasteiger partial charge is 0.0409 e. The molecule has 0 saturated heterocycles. The number of nitrogens with zero attached hydrogens (tertiary/aromatic N) is 1. The quantitative estimate of drug-likeness (QED) is 0.756. The van der Waals surface area contributed by atoms with Gasteiger partial charge < -0.3 is 0 Å². The number of benzene rings is 1. The van der Waals surface area contributed by atoms with Crippen molar-refractivity contribution in [3.63, 3.8) is 0 Å². The molecule has 1 aromatic carbocycles. The topological polar surface area (TPSA) is 3.24 Å². The SMILES string of the molecule is CCC(CS)CN(C)C(C)c1cccc(Cl)c1. The van der Waals surface area contributed by atoms with Crippen LogP contribution in [0.1, 0.15) is 31.9 Å². The van der Waals surface area contributed by atoms with Gasteiger partial charge in [0.1, 0.15) is 0 Å². The largest absolute Gasteiger partial charge is 0.299 e. The Morgan fingerprint density at radius 3 is 2.65 bits per heavy atom. The van der Waals surface area contributed by atoms with E-state index in [-0.39, 0.29) is 0 Å². The van der Waals surface area contributed by atoms with Gasteiger partial charge >= 0.3 is 0 Å². The molecule has 1 rings (SSSR count). The summed E-state index contributed by atoms with van der Waals surface area (Å²) in [5, 5.41) is 0.809. The summed E-state index contributed by atoms with van der Waals surface area (Å²) in [5.74, 6) is 1.60. The first-order chi connectivity index (χ1) is 8.08. The van der Waals surface area contributed by atoms with Gasteiger partial charge in [0.2, 0.25) is 0 Å². The molecule has 0 aliphatic carbocycles. The van der Waals surface area contributed by atoms with E-state index in [2.05, 4.69) is 44.5 Å². The molecule has 96 valence electrons. The van der Waals surface area contributed by atoms with Crippen molar-refractivity contribution in [2.45, 2.75) is 26.3 Å². The average Bonchev–Trinajstić information content (AvgIpc) is 2.34. The average molecular weight is 272 g/mol. The number of halogens is 1. The van der Waals surface area contributed by atoms with Crippen LogP contribution in [0.4, 0.5) is 0 Å². The lowest BCUT2D eigenvalue weighted by molar-refractivity contribution is 0.226. The van der Waals surface area contributed by atoms with Crippen LogP contribution >= 0.6 is 24.2 Å². The Morgan fingerprint density at radius 2 is 2.12 bits per heavy atom. The van der Waals surface area contributed by atoms with E-state index < -0.39 is 0 Å². The lowest BCUT2D eigenvalue weighted by Crippen LogP contribution is -2.29. The van der Waals surface area contributed by atoms with Crippen molar-refractivity contribution in [3.8, 4) is 0 Å². The van der Waals surface area contributed by atoms with Crippen LogP contribution in [0.25, 0.3) is 0 Å². The van der Waals surface area contributed by atoms with E-state index in [1.165, 1.54) is 12.0 Å². The van der Waals surface area contributed by atoms with Crippen molar-refractivity contribution < 1.29 is 0 Å². The van der Waals surface area contributed by atoms with Crippen molar-refractivity contribution >= 4 is 24.2 Å². The Bertz CT molecular complexity index is 339. The number of rotatable bonds is 6. The van der Waals surface area contributed by atoms with E-state index >= 15 is 0 Å². The third-order valence-electron chi connectivity index (χ3n) is 3.37. The van der Waals surface area contributed by atoms with Gasteiger partial charge in [0.05, 0.1) is 0 Å². The fourth-order valence-electron chi connectivity index (χ4n) is 1.90. The maximum absolute atomic E-state index is 6.02. The second-order valence-electron chi connectivity index (χ2n) is 4.63. The van der Waals surface area contributed by atoms with Crippen molar-refractivity contribution in [2.75, 3.05) is 19.3 Å². The molecule has 0 aliphatic heterocycles. The third kappa shape index (κ3) is 4.53. The van der Waals surface area contributed by atoms with Gasteiger partial charge in [-0.05, 0) is 43.3 Å². The van der Waals surface area contributed by atoms with Crippen LogP contribution in [0, 0.1) is 5.92 Å². The standard InChI is InChI=1S/C14H22ClNS/c1-4-12(10-17)9-16(3)11(2)13-6-5-7-14(15)8-13/h5-8,11-12,17H,4,9-10H2,1-3H3. The summed E-state index contributed by atoms with van der Waals surface area (Å²) >= 11 is 10.4. The Balaban J connectivity index is 2.66. The normalized spacial score (nSPS) is 14.9. The van der Waals surface area contributed by atoms with Crippen molar-refractivity contribution in [2.24, 2.45) is 5.92 Å². The van der Waals surface area contributed by atoms with Crippen LogP contribution in [0.5, 0.6) is 0 Å². The molecule has 0 aromatic heterocycles. The molecule has 17 heavy (non-hydrogen) atoms. The molecule has 0 aliphatic rings. The van der Waals surface area contributed by atoms with Crippen molar-refractivity contribution in [3.05, 3.63) is 34.9 Å². The van der Waals surface area contributed by atoms with Gasteiger partial charge in [-0.3, -0.25) is 4.90 Å². The summed E-state index contributed by atoms with van der Waals surface area (Å²) in [6.45, 7) is 5.52. The highest BCUT2D eigenvalue weighted by molar-refractivity contribution is 7.80. The Hall–Kier alpha value is -0.180. The fraction of sp³-hybridized carbons (Fsp3) is 0.571. The number of hydrogen-bond acceptors (Lipinski definition) is 2. The summed E-state index contributed by atoms with van der Waals surface area (Å²) in [4.78, 5) is 2.37. The fourth-order valence-corrected chi connectivity index (χ4v) is 2.47. The first-order valence-electron chi connectivity index (χ1n) is 6.15. The van der Waals surface area contributed by atoms with E-state index in [9.17, 15) is 0 Å². The van der Waals surface area contributed by atoms with Crippen LogP contribution in [-0.2, 0) is 0 Å². The second-order valence-corrected chi connectivity index (χ2v) is 5.43. The maximum atomic E-state index is 6.02. The second kappa shape index (κ2) is 7.30. The first-order valence-corrected chi connectivity index (χ1v) is 7.16. The van der Waals surface area contributed by atoms with Crippen molar-refractivity contribution in [1.82, 2.24) is 4.90 Å². The molecule has 2 atom stereocenters. The van der Waals surface area contributed by atoms with Crippen LogP contribution in [0.2, 0.25) is 5.02 Å². The van der Waals surface area contributed by atoms with Gasteiger partial charge in [0, 0.05) is 17.6 Å². The van der Waals surface area contributed by atoms with Crippen molar-refractivity contribution in [1.29, 1.82) is 0 Å². The van der Waals surface area contributed by atoms with Gasteiger partial charge in [-0.1, -0.05) is 37.1 Å². The summed E-state index contributed by atoms with van der Waals surface area (Å²) in [6, 6.07) is 8.50. The Labute approximate surface area is 116 Å². The molecule has 0 radical (unpaired) electrons. The minimum absolute atomic E-state index is 0.391. The summed E-state index contributed by atoms with van der Waals surface area (Å²) < 4.78 is 0. The van der Waals surface area contributed by atoms with Gasteiger partial charge in [-0.2, -0.15) is 12.6 Å². The van der Waals surface area contributed by atoms with Gasteiger partial charge in [0.25, 0.3) is 0 Å². The van der Waals surface area contributed by atoms with Gasteiger partial charge in [-0.15, -0.1) is 0 Å². The molecular formula is C14H22ClNS. The molecule has 1 nitrogen and oxygen atoms in total. The minimum Gasteiger partial charge on any atom is -0.299 e. The van der Waals surface area contributed by atoms with Gasteiger partial charge in [-0.25, -0.2) is 0 Å². The lowest BCUT2D eigenvalue weighted by Gasteiger charge is -2.28. The Morgan fingerprint density at radius 1 is 1.41 bits per heavy atom. The highest BCUT2D eigenvalue weighted by Gasteiger charge is 2.15. The predicted octanol–water partition coefficient (Wildman–Crippen LogP) is 4.29. The Kier molecular flexibility index (Phi) is 6.39. The van der Waals surface area contributed by atoms with E-state index in [1.54, 1.807) is 0 Å². The highest BCUT2D eigenvalue weighted by Crippen LogP contribution is 2.23. The molecule has 0 saturated carbocycles. The van der Waals surface area contributed by atoms with Crippen LogP contribution < -0.4 is 0 Å². The monoisotopic (exact) mass is 271 g/mol. The highest BCUT2D eigenvalue weighted by atomic mass is 35.5. The summed E-state index contributed by atoms with van der Waals surface area (Å²) in [5.41, 5.74) is 1.27. The first kappa shape index (κ1) is 14.9. The third-order valence-corrected chi connectivity index (χ3v) is 4.13. The van der Waals surface area contributed by atoms with E-state index in [1.807, 2.05) is 18.2 Å². The molecule has 0 N–H and O–H groups in total. The molecule has 0 amide bonds. The lowest BCUT2D eigenvalue weighted by atomic mass is 10.0. The van der Waals surface area contributed by atoms with Crippen LogP contribution in [0.15, 0.2) is 24.3 Å². The minimum atomic E-state index is 0.391. The zero-order chi connectivity index (χ0) is 12.8. The molecule has 3 heteroatoms. The molecule has 0 bridgehead atoms. The molecule has 2 unspecified atom stereocenters. The molecular weight excluding hydrogens is 250 g/mol. The van der Waals surface area contributed by atoms with Crippen LogP contribution in [0.3, 0.4) is 0 Å². The number of hydrogen-bond donors (Lipinski definition) is 1. The van der Waals surface area contributed by atoms with E-state index in [0.717, 1.165) is 17.3 Å². The summed E-state index contributed by atoms with van der Waals surface area (Å²) in [7, 11) is 2.16. The van der Waals surface area contributed by atoms with Gasteiger partial charge in [0.15, 0.2) is 0 Å². The predicted molar refractivity (Wildman–Crippen MR) is 80.1 cm³/mol. The van der Waals surface area contributed by atoms with E-state index in [4.69, 9.17) is 11.6 Å². The maximum Gasteiger partial charge on any atom is 0.0409 e. The molecule has 0 fully saturated rings. The zero-order valence-electron chi connectivity index (χ0n) is 10.9. The molecule has 0 spiro atoms. The van der Waals surface area contributed by atoms with E-state index in [0.29, 0.717) is 12.0 Å². The molecule has 1 aromatic rings. The van der Waals surface area contributed by atoms with Crippen LogP contribution in [-0.4, -0.2) is 24.2 Å². The summed E-state index contributed by atoms with van der Waals surface area (Å²) in [6.07, 6.45) is 1.18. The number of thiol groups is 1. The molecule has 0 heterocycles.